The number of pyridine rings is 1. The maximum Gasteiger partial charge on any atom is 0.335 e. The van der Waals surface area contributed by atoms with Crippen LogP contribution in [0.5, 0.6) is 0 Å². The number of aromatic carboxylic acids is 1. The average Bonchev–Trinajstić information content (AvgIpc) is 2.41. The van der Waals surface area contributed by atoms with E-state index >= 15 is 0 Å². The first-order valence-corrected chi connectivity index (χ1v) is 6.06. The molecule has 0 radical (unpaired) electrons. The molecule has 0 saturated heterocycles. The zero-order valence-electron chi connectivity index (χ0n) is 11.2. The van der Waals surface area contributed by atoms with E-state index in [9.17, 15) is 9.59 Å². The highest BCUT2D eigenvalue weighted by molar-refractivity contribution is 6.05. The molecular weight excluding hydrogens is 256 g/mol. The number of carboxylic acids is 1. The molecule has 1 amide bonds. The SMILES string of the molecule is Cc1ccc(C(=O)O)cc1NC(=O)c1cccnc1C. The van der Waals surface area contributed by atoms with Gasteiger partial charge in [-0.3, -0.25) is 9.78 Å². The minimum atomic E-state index is -1.03. The van der Waals surface area contributed by atoms with Crippen LogP contribution in [0.2, 0.25) is 0 Å². The van der Waals surface area contributed by atoms with Crippen LogP contribution in [0, 0.1) is 13.8 Å². The van der Waals surface area contributed by atoms with Gasteiger partial charge in [0.05, 0.1) is 11.1 Å². The summed E-state index contributed by atoms with van der Waals surface area (Å²) >= 11 is 0. The third-order valence-corrected chi connectivity index (χ3v) is 2.98. The number of amides is 1. The Labute approximate surface area is 116 Å². The van der Waals surface area contributed by atoms with Gasteiger partial charge in [0.25, 0.3) is 5.91 Å². The molecule has 1 aromatic heterocycles. The second-order valence-electron chi connectivity index (χ2n) is 4.43. The Hall–Kier alpha value is -2.69. The number of carbonyl (C=O) groups is 2. The maximum atomic E-state index is 12.2. The summed E-state index contributed by atoms with van der Waals surface area (Å²) in [5.74, 6) is -1.33. The van der Waals surface area contributed by atoms with Gasteiger partial charge in [0.2, 0.25) is 0 Å². The lowest BCUT2D eigenvalue weighted by atomic mass is 10.1. The topological polar surface area (TPSA) is 79.3 Å². The minimum absolute atomic E-state index is 0.133. The Morgan fingerprint density at radius 1 is 1.20 bits per heavy atom. The van der Waals surface area contributed by atoms with Crippen LogP contribution in [0.3, 0.4) is 0 Å². The van der Waals surface area contributed by atoms with Gasteiger partial charge >= 0.3 is 5.97 Å². The van der Waals surface area contributed by atoms with Crippen molar-refractivity contribution in [1.29, 1.82) is 0 Å². The minimum Gasteiger partial charge on any atom is -0.478 e. The Kier molecular flexibility index (Phi) is 3.79. The van der Waals surface area contributed by atoms with Crippen LogP contribution < -0.4 is 5.32 Å². The molecule has 1 aromatic carbocycles. The van der Waals surface area contributed by atoms with Gasteiger partial charge in [-0.25, -0.2) is 4.79 Å². The van der Waals surface area contributed by atoms with Crippen molar-refractivity contribution >= 4 is 17.6 Å². The van der Waals surface area contributed by atoms with Gasteiger partial charge in [0.15, 0.2) is 0 Å². The molecule has 2 N–H and O–H groups in total. The lowest BCUT2D eigenvalue weighted by molar-refractivity contribution is 0.0696. The van der Waals surface area contributed by atoms with Gasteiger partial charge in [-0.1, -0.05) is 6.07 Å². The standard InChI is InChI=1S/C15H14N2O3/c1-9-5-6-11(15(19)20)8-13(9)17-14(18)12-4-3-7-16-10(12)2/h3-8H,1-2H3,(H,17,18)(H,19,20). The van der Waals surface area contributed by atoms with Crippen molar-refractivity contribution in [3.05, 3.63) is 58.9 Å². The van der Waals surface area contributed by atoms with Crippen molar-refractivity contribution in [3.8, 4) is 0 Å². The Bertz CT molecular complexity index is 681. The molecule has 2 rings (SSSR count). The molecule has 20 heavy (non-hydrogen) atoms. The fraction of sp³-hybridized carbons (Fsp3) is 0.133. The number of aromatic nitrogens is 1. The highest BCUT2D eigenvalue weighted by Gasteiger charge is 2.12. The molecule has 0 atom stereocenters. The summed E-state index contributed by atoms with van der Waals surface area (Å²) in [5, 5.41) is 11.7. The monoisotopic (exact) mass is 270 g/mol. The van der Waals surface area contributed by atoms with E-state index in [0.29, 0.717) is 16.9 Å². The Morgan fingerprint density at radius 2 is 1.95 bits per heavy atom. The van der Waals surface area contributed by atoms with Crippen LogP contribution in [-0.2, 0) is 0 Å². The zero-order chi connectivity index (χ0) is 14.7. The summed E-state index contributed by atoms with van der Waals surface area (Å²) in [4.78, 5) is 27.2. The fourth-order valence-electron chi connectivity index (χ4n) is 1.80. The molecule has 0 saturated carbocycles. The number of benzene rings is 1. The molecule has 0 unspecified atom stereocenters. The van der Waals surface area contributed by atoms with Gasteiger partial charge in [0, 0.05) is 17.6 Å². The summed E-state index contributed by atoms with van der Waals surface area (Å²) < 4.78 is 0. The normalized spacial score (nSPS) is 10.1. The van der Waals surface area contributed by atoms with E-state index in [1.54, 1.807) is 38.2 Å². The smallest absolute Gasteiger partial charge is 0.335 e. The van der Waals surface area contributed by atoms with Crippen LogP contribution in [0.15, 0.2) is 36.5 Å². The molecule has 0 spiro atoms. The third-order valence-electron chi connectivity index (χ3n) is 2.98. The molecular formula is C15H14N2O3. The van der Waals surface area contributed by atoms with Crippen molar-refractivity contribution in [2.75, 3.05) is 5.32 Å². The summed E-state index contributed by atoms with van der Waals surface area (Å²) in [7, 11) is 0. The highest BCUT2D eigenvalue weighted by atomic mass is 16.4. The van der Waals surface area contributed by atoms with E-state index in [4.69, 9.17) is 5.11 Å². The van der Waals surface area contributed by atoms with Gasteiger partial charge in [0.1, 0.15) is 0 Å². The summed E-state index contributed by atoms with van der Waals surface area (Å²) in [5.41, 5.74) is 2.50. The zero-order valence-corrected chi connectivity index (χ0v) is 11.2. The number of aryl methyl sites for hydroxylation is 2. The molecule has 102 valence electrons. The van der Waals surface area contributed by atoms with Crippen LogP contribution in [0.25, 0.3) is 0 Å². The van der Waals surface area contributed by atoms with Gasteiger partial charge in [-0.2, -0.15) is 0 Å². The largest absolute Gasteiger partial charge is 0.478 e. The molecule has 0 aliphatic carbocycles. The van der Waals surface area contributed by atoms with E-state index in [0.717, 1.165) is 5.56 Å². The van der Waals surface area contributed by atoms with E-state index < -0.39 is 5.97 Å². The fourth-order valence-corrected chi connectivity index (χ4v) is 1.80. The van der Waals surface area contributed by atoms with Gasteiger partial charge < -0.3 is 10.4 Å². The van der Waals surface area contributed by atoms with Crippen molar-refractivity contribution in [2.24, 2.45) is 0 Å². The second kappa shape index (κ2) is 5.52. The second-order valence-corrected chi connectivity index (χ2v) is 4.43. The molecule has 5 heteroatoms. The Balaban J connectivity index is 2.30. The average molecular weight is 270 g/mol. The summed E-state index contributed by atoms with van der Waals surface area (Å²) in [6.07, 6.45) is 1.61. The third kappa shape index (κ3) is 2.83. The number of hydrogen-bond donors (Lipinski definition) is 2. The quantitative estimate of drug-likeness (QED) is 0.898. The van der Waals surface area contributed by atoms with Crippen LogP contribution in [-0.4, -0.2) is 22.0 Å². The first kappa shape index (κ1) is 13.7. The highest BCUT2D eigenvalue weighted by Crippen LogP contribution is 2.18. The van der Waals surface area contributed by atoms with Crippen LogP contribution >= 0.6 is 0 Å². The molecule has 5 nitrogen and oxygen atoms in total. The summed E-state index contributed by atoms with van der Waals surface area (Å²) in [6.45, 7) is 3.55. The van der Waals surface area contributed by atoms with Crippen LogP contribution in [0.4, 0.5) is 5.69 Å². The van der Waals surface area contributed by atoms with E-state index in [-0.39, 0.29) is 11.5 Å². The lowest BCUT2D eigenvalue weighted by Crippen LogP contribution is -2.15. The van der Waals surface area contributed by atoms with E-state index in [1.807, 2.05) is 0 Å². The van der Waals surface area contributed by atoms with E-state index in [1.165, 1.54) is 12.1 Å². The number of anilines is 1. The summed E-state index contributed by atoms with van der Waals surface area (Å²) in [6, 6.07) is 7.97. The number of nitrogens with zero attached hydrogens (tertiary/aromatic N) is 1. The van der Waals surface area contributed by atoms with Crippen molar-refractivity contribution in [3.63, 3.8) is 0 Å². The first-order chi connectivity index (χ1) is 9.49. The molecule has 2 aromatic rings. The predicted molar refractivity (Wildman–Crippen MR) is 75.1 cm³/mol. The predicted octanol–water partition coefficient (Wildman–Crippen LogP) is 2.65. The number of hydrogen-bond acceptors (Lipinski definition) is 3. The molecule has 1 heterocycles. The van der Waals surface area contributed by atoms with Crippen molar-refractivity contribution < 1.29 is 14.7 Å². The molecule has 0 bridgehead atoms. The first-order valence-electron chi connectivity index (χ1n) is 6.06. The van der Waals surface area contributed by atoms with Crippen molar-refractivity contribution in [2.45, 2.75) is 13.8 Å². The number of carbonyl (C=O) groups excluding carboxylic acids is 1. The number of carboxylic acid groups (broad SMARTS) is 1. The molecule has 0 fully saturated rings. The van der Waals surface area contributed by atoms with Gasteiger partial charge in [-0.05, 0) is 43.7 Å². The molecule has 0 aliphatic heterocycles. The number of nitrogens with one attached hydrogen (secondary N) is 1. The maximum absolute atomic E-state index is 12.2. The van der Waals surface area contributed by atoms with Gasteiger partial charge in [-0.15, -0.1) is 0 Å². The Morgan fingerprint density at radius 3 is 2.60 bits per heavy atom. The molecule has 0 aliphatic rings. The van der Waals surface area contributed by atoms with Crippen molar-refractivity contribution in [1.82, 2.24) is 4.98 Å². The van der Waals surface area contributed by atoms with E-state index in [2.05, 4.69) is 10.3 Å². The number of rotatable bonds is 3. The van der Waals surface area contributed by atoms with Crippen LogP contribution in [0.1, 0.15) is 32.0 Å². The lowest BCUT2D eigenvalue weighted by Gasteiger charge is -2.10.